The number of benzene rings is 2. The Morgan fingerprint density at radius 2 is 1.59 bits per heavy atom. The first-order valence-corrected chi connectivity index (χ1v) is 6.09. The molecule has 2 aromatic carbocycles. The van der Waals surface area contributed by atoms with Crippen molar-refractivity contribution in [1.29, 1.82) is 0 Å². The highest BCUT2D eigenvalue weighted by atomic mass is 19.2. The fourth-order valence-corrected chi connectivity index (χ4v) is 1.86. The van der Waals surface area contributed by atoms with Crippen LogP contribution < -0.4 is 5.32 Å². The van der Waals surface area contributed by atoms with E-state index in [-0.39, 0.29) is 16.8 Å². The molecule has 2 rings (SSSR count). The van der Waals surface area contributed by atoms with Crippen LogP contribution in [0.2, 0.25) is 0 Å². The number of anilines is 1. The van der Waals surface area contributed by atoms with Crippen molar-refractivity contribution in [2.75, 3.05) is 5.32 Å². The summed E-state index contributed by atoms with van der Waals surface area (Å²) in [4.78, 5) is 22.7. The number of carboxylic acid groups (broad SMARTS) is 1. The van der Waals surface area contributed by atoms with Crippen LogP contribution in [0.25, 0.3) is 0 Å². The zero-order chi connectivity index (χ0) is 16.4. The number of nitrogens with one attached hydrogen (secondary N) is 1. The molecule has 0 unspecified atom stereocenters. The van der Waals surface area contributed by atoms with Gasteiger partial charge in [0.1, 0.15) is 5.82 Å². The molecule has 0 saturated heterocycles. The maximum absolute atomic E-state index is 13.5. The van der Waals surface area contributed by atoms with Crippen LogP contribution in [0.3, 0.4) is 0 Å². The molecule has 0 heterocycles. The van der Waals surface area contributed by atoms with Gasteiger partial charge in [0.2, 0.25) is 0 Å². The Kier molecular flexibility index (Phi) is 4.16. The molecule has 0 atom stereocenters. The summed E-state index contributed by atoms with van der Waals surface area (Å²) in [6, 6.07) is 4.63. The Balaban J connectivity index is 2.28. The number of aromatic carboxylic acids is 1. The zero-order valence-electron chi connectivity index (χ0n) is 11.3. The van der Waals surface area contributed by atoms with E-state index in [1.807, 2.05) is 0 Å². The molecule has 7 heteroatoms. The monoisotopic (exact) mass is 309 g/mol. The van der Waals surface area contributed by atoms with Gasteiger partial charge in [-0.2, -0.15) is 0 Å². The second-order valence-electron chi connectivity index (χ2n) is 4.54. The van der Waals surface area contributed by atoms with Crippen LogP contribution in [0.5, 0.6) is 0 Å². The maximum Gasteiger partial charge on any atom is 0.338 e. The summed E-state index contributed by atoms with van der Waals surface area (Å²) in [5.74, 6) is -5.48. The molecular formula is C15H10F3NO3. The molecule has 0 fully saturated rings. The summed E-state index contributed by atoms with van der Waals surface area (Å²) in [7, 11) is 0. The van der Waals surface area contributed by atoms with E-state index in [0.29, 0.717) is 0 Å². The molecule has 0 saturated carbocycles. The average Bonchev–Trinajstić information content (AvgIpc) is 2.42. The third kappa shape index (κ3) is 3.08. The predicted molar refractivity (Wildman–Crippen MR) is 72.4 cm³/mol. The van der Waals surface area contributed by atoms with Crippen LogP contribution in [-0.2, 0) is 0 Å². The standard InChI is InChI=1S/C15H10F3NO3/c1-7-4-12(17)13(18)6-10(7)14(20)19-8-2-3-9(15(21)22)11(16)5-8/h2-6H,1H3,(H,19,20)(H,21,22). The molecule has 2 N–H and O–H groups in total. The smallest absolute Gasteiger partial charge is 0.338 e. The number of carboxylic acids is 1. The molecule has 0 radical (unpaired) electrons. The first kappa shape index (κ1) is 15.6. The van der Waals surface area contributed by atoms with Gasteiger partial charge in [-0.15, -0.1) is 0 Å². The van der Waals surface area contributed by atoms with Gasteiger partial charge in [-0.3, -0.25) is 4.79 Å². The molecule has 2 aromatic rings. The van der Waals surface area contributed by atoms with Gasteiger partial charge in [-0.05, 0) is 42.8 Å². The number of carbonyl (C=O) groups excluding carboxylic acids is 1. The second kappa shape index (κ2) is 5.88. The highest BCUT2D eigenvalue weighted by molar-refractivity contribution is 6.05. The first-order chi connectivity index (χ1) is 10.3. The Bertz CT molecular complexity index is 775. The topological polar surface area (TPSA) is 66.4 Å². The molecule has 0 spiro atoms. The van der Waals surface area contributed by atoms with Gasteiger partial charge < -0.3 is 10.4 Å². The fraction of sp³-hybridized carbons (Fsp3) is 0.0667. The van der Waals surface area contributed by atoms with Crippen molar-refractivity contribution in [3.8, 4) is 0 Å². The van der Waals surface area contributed by atoms with E-state index in [0.717, 1.165) is 24.3 Å². The van der Waals surface area contributed by atoms with Gasteiger partial charge in [0.05, 0.1) is 5.56 Å². The molecule has 114 valence electrons. The predicted octanol–water partition coefficient (Wildman–Crippen LogP) is 3.36. The molecule has 0 aliphatic rings. The highest BCUT2D eigenvalue weighted by Crippen LogP contribution is 2.18. The van der Waals surface area contributed by atoms with Crippen molar-refractivity contribution in [2.45, 2.75) is 6.92 Å². The van der Waals surface area contributed by atoms with E-state index < -0.39 is 34.9 Å². The van der Waals surface area contributed by atoms with Crippen molar-refractivity contribution < 1.29 is 27.9 Å². The molecule has 1 amide bonds. The van der Waals surface area contributed by atoms with Crippen LogP contribution >= 0.6 is 0 Å². The average molecular weight is 309 g/mol. The van der Waals surface area contributed by atoms with Gasteiger partial charge in [-0.1, -0.05) is 0 Å². The van der Waals surface area contributed by atoms with E-state index in [1.165, 1.54) is 13.0 Å². The zero-order valence-corrected chi connectivity index (χ0v) is 11.3. The Hall–Kier alpha value is -2.83. The fourth-order valence-electron chi connectivity index (χ4n) is 1.86. The van der Waals surface area contributed by atoms with Crippen LogP contribution in [0.1, 0.15) is 26.3 Å². The lowest BCUT2D eigenvalue weighted by atomic mass is 10.1. The Labute approximate surface area is 123 Å². The molecule has 0 aliphatic carbocycles. The van der Waals surface area contributed by atoms with Crippen molar-refractivity contribution in [2.24, 2.45) is 0 Å². The van der Waals surface area contributed by atoms with Crippen molar-refractivity contribution in [1.82, 2.24) is 0 Å². The molecule has 4 nitrogen and oxygen atoms in total. The van der Waals surface area contributed by atoms with Gasteiger partial charge in [-0.25, -0.2) is 18.0 Å². The third-order valence-electron chi connectivity index (χ3n) is 2.97. The van der Waals surface area contributed by atoms with Crippen molar-refractivity contribution in [3.63, 3.8) is 0 Å². The van der Waals surface area contributed by atoms with Crippen LogP contribution in [-0.4, -0.2) is 17.0 Å². The van der Waals surface area contributed by atoms with Crippen LogP contribution in [0.15, 0.2) is 30.3 Å². The summed E-state index contributed by atoms with van der Waals surface area (Å²) in [6.07, 6.45) is 0. The summed E-state index contributed by atoms with van der Waals surface area (Å²) < 4.78 is 39.7. The number of aryl methyl sites for hydroxylation is 1. The van der Waals surface area contributed by atoms with Gasteiger partial charge in [0.15, 0.2) is 11.6 Å². The maximum atomic E-state index is 13.5. The van der Waals surface area contributed by atoms with Crippen molar-refractivity contribution >= 4 is 17.6 Å². The Morgan fingerprint density at radius 3 is 2.18 bits per heavy atom. The third-order valence-corrected chi connectivity index (χ3v) is 2.97. The number of carbonyl (C=O) groups is 2. The van der Waals surface area contributed by atoms with E-state index >= 15 is 0 Å². The molecule has 22 heavy (non-hydrogen) atoms. The minimum absolute atomic E-state index is 0.00312. The molecular weight excluding hydrogens is 299 g/mol. The van der Waals surface area contributed by atoms with Gasteiger partial charge in [0, 0.05) is 11.3 Å². The number of hydrogen-bond donors (Lipinski definition) is 2. The number of hydrogen-bond acceptors (Lipinski definition) is 2. The summed E-state index contributed by atoms with van der Waals surface area (Å²) in [6.45, 7) is 1.42. The minimum atomic E-state index is -1.44. The highest BCUT2D eigenvalue weighted by Gasteiger charge is 2.15. The largest absolute Gasteiger partial charge is 0.478 e. The lowest BCUT2D eigenvalue weighted by Gasteiger charge is -2.09. The SMILES string of the molecule is Cc1cc(F)c(F)cc1C(=O)Nc1ccc(C(=O)O)c(F)c1. The first-order valence-electron chi connectivity index (χ1n) is 6.09. The summed E-state index contributed by atoms with van der Waals surface area (Å²) >= 11 is 0. The van der Waals surface area contributed by atoms with E-state index in [2.05, 4.69) is 5.32 Å². The van der Waals surface area contributed by atoms with Crippen LogP contribution in [0.4, 0.5) is 18.9 Å². The van der Waals surface area contributed by atoms with Gasteiger partial charge >= 0.3 is 5.97 Å². The van der Waals surface area contributed by atoms with E-state index in [9.17, 15) is 22.8 Å². The van der Waals surface area contributed by atoms with Crippen LogP contribution in [0, 0.1) is 24.4 Å². The normalized spacial score (nSPS) is 10.4. The molecule has 0 aromatic heterocycles. The summed E-state index contributed by atoms with van der Waals surface area (Å²) in [5, 5.41) is 11.0. The quantitative estimate of drug-likeness (QED) is 0.913. The number of rotatable bonds is 3. The molecule has 0 bridgehead atoms. The molecule has 0 aliphatic heterocycles. The van der Waals surface area contributed by atoms with E-state index in [1.54, 1.807) is 0 Å². The second-order valence-corrected chi connectivity index (χ2v) is 4.54. The number of amides is 1. The van der Waals surface area contributed by atoms with Crippen molar-refractivity contribution in [3.05, 3.63) is 64.5 Å². The lowest BCUT2D eigenvalue weighted by Crippen LogP contribution is -2.14. The Morgan fingerprint density at radius 1 is 0.955 bits per heavy atom. The number of halogens is 3. The lowest BCUT2D eigenvalue weighted by molar-refractivity contribution is 0.0691. The van der Waals surface area contributed by atoms with E-state index in [4.69, 9.17) is 5.11 Å². The van der Waals surface area contributed by atoms with Gasteiger partial charge in [0.25, 0.3) is 5.91 Å². The summed E-state index contributed by atoms with van der Waals surface area (Å²) in [5.41, 5.74) is -0.445. The minimum Gasteiger partial charge on any atom is -0.478 e.